The molecule has 2 fully saturated rings. The van der Waals surface area contributed by atoms with E-state index in [2.05, 4.69) is 5.16 Å². The Morgan fingerprint density at radius 3 is 2.52 bits per heavy atom. The number of hydrogen-bond acceptors (Lipinski definition) is 6. The molecule has 1 aromatic carbocycles. The lowest BCUT2D eigenvalue weighted by atomic mass is 9.82. The molecular weight excluding hydrogens is 370 g/mol. The van der Waals surface area contributed by atoms with E-state index in [1.165, 1.54) is 0 Å². The molecule has 0 bridgehead atoms. The average Bonchev–Trinajstić information content (AvgIpc) is 3.38. The maximum absolute atomic E-state index is 12.8. The highest BCUT2D eigenvalue weighted by molar-refractivity contribution is 5.77. The number of ether oxygens (including phenoxy) is 3. The predicted octanol–water partition coefficient (Wildman–Crippen LogP) is 4.56. The second-order valence-electron chi connectivity index (χ2n) is 8.35. The van der Waals surface area contributed by atoms with Gasteiger partial charge in [0.2, 0.25) is 0 Å². The Balaban J connectivity index is 1.39. The lowest BCUT2D eigenvalue weighted by Gasteiger charge is -2.34. The number of benzene rings is 1. The molecular formula is C23H29NO5. The van der Waals surface area contributed by atoms with Crippen molar-refractivity contribution < 1.29 is 23.5 Å². The minimum atomic E-state index is -0.462. The van der Waals surface area contributed by atoms with Gasteiger partial charge >= 0.3 is 5.97 Å². The summed E-state index contributed by atoms with van der Waals surface area (Å²) >= 11 is 0. The molecule has 1 aromatic heterocycles. The van der Waals surface area contributed by atoms with Gasteiger partial charge in [0.25, 0.3) is 0 Å². The first-order valence-corrected chi connectivity index (χ1v) is 10.5. The first kappa shape index (κ1) is 20.1. The van der Waals surface area contributed by atoms with Crippen molar-refractivity contribution in [3.63, 3.8) is 0 Å². The second-order valence-corrected chi connectivity index (χ2v) is 8.35. The van der Waals surface area contributed by atoms with Crippen molar-refractivity contribution in [1.82, 2.24) is 5.16 Å². The predicted molar refractivity (Wildman–Crippen MR) is 106 cm³/mol. The van der Waals surface area contributed by atoms with Gasteiger partial charge in [0.05, 0.1) is 18.9 Å². The molecule has 0 N–H and O–H groups in total. The van der Waals surface area contributed by atoms with Crippen LogP contribution < -0.4 is 0 Å². The Bertz CT molecular complexity index is 800. The number of carbonyl (C=O) groups is 1. The van der Waals surface area contributed by atoms with E-state index < -0.39 is 5.92 Å². The van der Waals surface area contributed by atoms with Gasteiger partial charge in [-0.3, -0.25) is 4.79 Å². The van der Waals surface area contributed by atoms with Crippen molar-refractivity contribution in [2.45, 2.75) is 63.8 Å². The van der Waals surface area contributed by atoms with Crippen LogP contribution in [-0.4, -0.2) is 30.1 Å². The topological polar surface area (TPSA) is 70.8 Å². The standard InChI is InChI=1S/C23H29NO5/c1-16(2)21(22(25)26-15-17-6-4-3-5-7-17)20-14-19(24-29-20)18-8-10-23(11-9-18)27-12-13-28-23/h3-7,14,16,18,21H,8-13,15H2,1-2H3/t21-/m1/s1. The maximum atomic E-state index is 12.8. The van der Waals surface area contributed by atoms with Crippen LogP contribution in [-0.2, 0) is 25.6 Å². The molecule has 2 heterocycles. The highest BCUT2D eigenvalue weighted by Crippen LogP contribution is 2.42. The maximum Gasteiger partial charge on any atom is 0.317 e. The van der Waals surface area contributed by atoms with E-state index in [0.717, 1.165) is 36.9 Å². The molecule has 1 aliphatic heterocycles. The number of nitrogens with zero attached hydrogens (tertiary/aromatic N) is 1. The van der Waals surface area contributed by atoms with Gasteiger partial charge in [0.1, 0.15) is 12.5 Å². The number of carbonyl (C=O) groups excluding carboxylic acids is 1. The third kappa shape index (κ3) is 4.54. The van der Waals surface area contributed by atoms with Crippen LogP contribution in [0, 0.1) is 5.92 Å². The summed E-state index contributed by atoms with van der Waals surface area (Å²) in [6.07, 6.45) is 3.62. The molecule has 1 saturated carbocycles. The lowest BCUT2D eigenvalue weighted by molar-refractivity contribution is -0.179. The lowest BCUT2D eigenvalue weighted by Crippen LogP contribution is -2.34. The minimum absolute atomic E-state index is 0.0500. The van der Waals surface area contributed by atoms with Crippen LogP contribution in [0.3, 0.4) is 0 Å². The summed E-state index contributed by atoms with van der Waals surface area (Å²) in [5.41, 5.74) is 1.88. The first-order valence-electron chi connectivity index (χ1n) is 10.5. The van der Waals surface area contributed by atoms with Gasteiger partial charge in [0, 0.05) is 24.8 Å². The third-order valence-corrected chi connectivity index (χ3v) is 5.98. The SMILES string of the molecule is CC(C)[C@@H](C(=O)OCc1ccccc1)c1cc(C2CCC3(CC2)OCCO3)no1. The molecule has 6 heteroatoms. The zero-order valence-electron chi connectivity index (χ0n) is 17.1. The Hall–Kier alpha value is -2.18. The van der Waals surface area contributed by atoms with Crippen LogP contribution in [0.25, 0.3) is 0 Å². The number of esters is 1. The monoisotopic (exact) mass is 399 g/mol. The molecule has 2 aliphatic rings. The van der Waals surface area contributed by atoms with Crippen LogP contribution in [0.5, 0.6) is 0 Å². The van der Waals surface area contributed by atoms with Gasteiger partial charge in [-0.2, -0.15) is 0 Å². The van der Waals surface area contributed by atoms with E-state index in [-0.39, 0.29) is 24.3 Å². The zero-order chi connectivity index (χ0) is 20.3. The van der Waals surface area contributed by atoms with Crippen molar-refractivity contribution in [2.75, 3.05) is 13.2 Å². The van der Waals surface area contributed by atoms with E-state index in [0.29, 0.717) is 24.9 Å². The van der Waals surface area contributed by atoms with Crippen molar-refractivity contribution in [1.29, 1.82) is 0 Å². The Labute approximate surface area is 171 Å². The molecule has 1 atom stereocenters. The van der Waals surface area contributed by atoms with Crippen molar-refractivity contribution in [3.8, 4) is 0 Å². The Kier molecular flexibility index (Phi) is 6.01. The summed E-state index contributed by atoms with van der Waals surface area (Å²) in [6, 6.07) is 11.6. The van der Waals surface area contributed by atoms with Crippen molar-refractivity contribution in [3.05, 3.63) is 53.4 Å². The van der Waals surface area contributed by atoms with E-state index in [1.54, 1.807) is 0 Å². The van der Waals surface area contributed by atoms with Gasteiger partial charge in [-0.1, -0.05) is 49.3 Å². The fourth-order valence-electron chi connectivity index (χ4n) is 4.32. The third-order valence-electron chi connectivity index (χ3n) is 5.98. The van der Waals surface area contributed by atoms with E-state index in [4.69, 9.17) is 18.7 Å². The summed E-state index contributed by atoms with van der Waals surface area (Å²) in [4.78, 5) is 12.8. The first-order chi connectivity index (χ1) is 14.1. The summed E-state index contributed by atoms with van der Waals surface area (Å²) < 4.78 is 22.8. The smallest absolute Gasteiger partial charge is 0.317 e. The summed E-state index contributed by atoms with van der Waals surface area (Å²) in [6.45, 7) is 5.61. The van der Waals surface area contributed by atoms with Gasteiger partial charge in [-0.15, -0.1) is 0 Å². The second kappa shape index (κ2) is 8.67. The molecule has 0 unspecified atom stereocenters. The summed E-state index contributed by atoms with van der Waals surface area (Å²) in [5, 5.41) is 4.29. The molecule has 1 saturated heterocycles. The van der Waals surface area contributed by atoms with E-state index in [9.17, 15) is 4.79 Å². The molecule has 0 radical (unpaired) electrons. The summed E-state index contributed by atoms with van der Waals surface area (Å²) in [7, 11) is 0. The quantitative estimate of drug-likeness (QED) is 0.663. The van der Waals surface area contributed by atoms with Crippen LogP contribution in [0.2, 0.25) is 0 Å². The minimum Gasteiger partial charge on any atom is -0.460 e. The molecule has 156 valence electrons. The zero-order valence-corrected chi connectivity index (χ0v) is 17.1. The molecule has 0 amide bonds. The highest BCUT2D eigenvalue weighted by Gasteiger charge is 2.41. The molecule has 2 aromatic rings. The fourth-order valence-corrected chi connectivity index (χ4v) is 4.32. The van der Waals surface area contributed by atoms with Gasteiger partial charge < -0.3 is 18.7 Å². The molecule has 1 spiro atoms. The van der Waals surface area contributed by atoms with Crippen molar-refractivity contribution in [2.24, 2.45) is 5.92 Å². The van der Waals surface area contributed by atoms with Crippen molar-refractivity contribution >= 4 is 5.97 Å². The van der Waals surface area contributed by atoms with E-state index in [1.807, 2.05) is 50.2 Å². The van der Waals surface area contributed by atoms with Crippen LogP contribution >= 0.6 is 0 Å². The van der Waals surface area contributed by atoms with Crippen LogP contribution in [0.4, 0.5) is 0 Å². The van der Waals surface area contributed by atoms with Crippen LogP contribution in [0.1, 0.15) is 68.4 Å². The van der Waals surface area contributed by atoms with Gasteiger partial charge in [-0.05, 0) is 24.3 Å². The van der Waals surface area contributed by atoms with Gasteiger partial charge in [0.15, 0.2) is 11.5 Å². The van der Waals surface area contributed by atoms with Crippen LogP contribution in [0.15, 0.2) is 40.9 Å². The fraction of sp³-hybridized carbons (Fsp3) is 0.565. The number of hydrogen-bond donors (Lipinski definition) is 0. The number of rotatable bonds is 6. The number of aromatic nitrogens is 1. The van der Waals surface area contributed by atoms with E-state index >= 15 is 0 Å². The Morgan fingerprint density at radius 2 is 1.86 bits per heavy atom. The average molecular weight is 399 g/mol. The molecule has 1 aliphatic carbocycles. The summed E-state index contributed by atoms with van der Waals surface area (Å²) in [5.74, 6) is -0.182. The molecule has 4 rings (SSSR count). The normalized spacial score (nSPS) is 20.2. The largest absolute Gasteiger partial charge is 0.460 e. The molecule has 29 heavy (non-hydrogen) atoms. The van der Waals surface area contributed by atoms with Gasteiger partial charge in [-0.25, -0.2) is 0 Å². The molecule has 6 nitrogen and oxygen atoms in total. The highest BCUT2D eigenvalue weighted by atomic mass is 16.7. The Morgan fingerprint density at radius 1 is 1.17 bits per heavy atom.